The molecule has 2 aromatic rings. The summed E-state index contributed by atoms with van der Waals surface area (Å²) >= 11 is -0.329. The average molecular weight is 376 g/mol. The van der Waals surface area contributed by atoms with Crippen molar-refractivity contribution in [3.8, 4) is 11.4 Å². The minimum Gasteiger partial charge on any atom is -0.591 e. The Morgan fingerprint density at radius 2 is 2.17 bits per heavy atom. The van der Waals surface area contributed by atoms with Gasteiger partial charge in [-0.3, -0.25) is 4.98 Å². The second kappa shape index (κ2) is 8.04. The molecule has 0 saturated heterocycles. The smallest absolute Gasteiger partial charge is 0.433 e. The van der Waals surface area contributed by atoms with Crippen molar-refractivity contribution < 1.29 is 17.7 Å². The lowest BCUT2D eigenvalue weighted by atomic mass is 10.2. The van der Waals surface area contributed by atoms with Crippen LogP contribution < -0.4 is 0 Å². The molecule has 0 fully saturated rings. The van der Waals surface area contributed by atoms with Gasteiger partial charge in [-0.2, -0.15) is 17.5 Å². The fraction of sp³-hybridized carbons (Fsp3) is 0.429. The van der Waals surface area contributed by atoms with Crippen molar-refractivity contribution in [3.05, 3.63) is 29.0 Å². The number of rotatable bonds is 6. The van der Waals surface area contributed by atoms with Crippen LogP contribution in [0.3, 0.4) is 0 Å². The average Bonchev–Trinajstić information content (AvgIpc) is 3.02. The van der Waals surface area contributed by atoms with Crippen molar-refractivity contribution in [2.45, 2.75) is 32.9 Å². The van der Waals surface area contributed by atoms with Crippen LogP contribution in [-0.4, -0.2) is 30.4 Å². The predicted molar refractivity (Wildman–Crippen MR) is 88.3 cm³/mol. The molecule has 0 aliphatic heterocycles. The number of hydrogen-bond donors (Lipinski definition) is 0. The second-order valence-corrected chi connectivity index (χ2v) is 6.89. The Morgan fingerprint density at radius 3 is 2.83 bits per heavy atom. The lowest BCUT2D eigenvalue weighted by Gasteiger charge is -2.05. The van der Waals surface area contributed by atoms with Crippen molar-refractivity contribution >= 4 is 28.6 Å². The van der Waals surface area contributed by atoms with Crippen LogP contribution in [0, 0.1) is 0 Å². The Kier molecular flexibility index (Phi) is 6.30. The van der Waals surface area contributed by atoms with Crippen molar-refractivity contribution in [3.63, 3.8) is 0 Å². The highest BCUT2D eigenvalue weighted by Crippen LogP contribution is 2.30. The Hall–Kier alpha value is -1.52. The molecule has 0 aliphatic carbocycles. The fourth-order valence-corrected chi connectivity index (χ4v) is 3.42. The summed E-state index contributed by atoms with van der Waals surface area (Å²) in [6, 6.07) is 2.31. The zero-order valence-corrected chi connectivity index (χ0v) is 14.6. The summed E-state index contributed by atoms with van der Waals surface area (Å²) in [4.78, 5) is 7.49. The van der Waals surface area contributed by atoms with E-state index >= 15 is 0 Å². The highest BCUT2D eigenvalue weighted by atomic mass is 32.2. The van der Waals surface area contributed by atoms with E-state index in [0.717, 1.165) is 36.6 Å². The summed E-state index contributed by atoms with van der Waals surface area (Å²) in [5.74, 6) is 0.635. The Morgan fingerprint density at radius 1 is 1.42 bits per heavy atom. The van der Waals surface area contributed by atoms with Crippen molar-refractivity contribution in [1.29, 1.82) is 0 Å². The molecule has 0 unspecified atom stereocenters. The van der Waals surface area contributed by atoms with E-state index in [0.29, 0.717) is 16.5 Å². The van der Waals surface area contributed by atoms with Gasteiger partial charge in [0.05, 0.1) is 11.4 Å². The first-order valence-electron chi connectivity index (χ1n) is 7.12. The first-order chi connectivity index (χ1) is 11.3. The summed E-state index contributed by atoms with van der Waals surface area (Å²) < 4.78 is 58.0. The SMILES string of the molecule is CCCC[S@@+]([O-])/N=C(\C)c1nc(-c2ccnc(C(F)(F)F)c2)ns1. The molecule has 24 heavy (non-hydrogen) atoms. The van der Waals surface area contributed by atoms with Gasteiger partial charge in [0, 0.05) is 11.8 Å². The number of pyridine rings is 1. The molecule has 5 nitrogen and oxygen atoms in total. The number of unbranched alkanes of at least 4 members (excludes halogenated alkanes) is 1. The molecule has 0 amide bonds. The van der Waals surface area contributed by atoms with E-state index in [1.165, 1.54) is 6.07 Å². The standard InChI is InChI=1S/C14H15F3N4OS2/c1-3-4-7-24(22)21-9(2)13-19-12(20-23-13)10-5-6-18-11(8-10)14(15,16)17/h5-6,8H,3-4,7H2,1-2H3/b21-9+/t24-/m1/s1. The van der Waals surface area contributed by atoms with Gasteiger partial charge in [0.1, 0.15) is 17.2 Å². The number of alkyl halides is 3. The quantitative estimate of drug-likeness (QED) is 0.566. The zero-order chi connectivity index (χ0) is 17.7. The summed E-state index contributed by atoms with van der Waals surface area (Å²) in [6.45, 7) is 3.65. The molecule has 0 aromatic carbocycles. The van der Waals surface area contributed by atoms with Crippen LogP contribution in [0.4, 0.5) is 13.2 Å². The fourth-order valence-electron chi connectivity index (χ4n) is 1.72. The lowest BCUT2D eigenvalue weighted by molar-refractivity contribution is -0.141. The van der Waals surface area contributed by atoms with Crippen molar-refractivity contribution in [2.24, 2.45) is 4.40 Å². The van der Waals surface area contributed by atoms with E-state index in [2.05, 4.69) is 18.7 Å². The summed E-state index contributed by atoms with van der Waals surface area (Å²) in [5.41, 5.74) is -0.319. The molecular formula is C14H15F3N4OS2. The Labute approximate surface area is 144 Å². The monoisotopic (exact) mass is 376 g/mol. The summed E-state index contributed by atoms with van der Waals surface area (Å²) in [6.07, 6.45) is -1.73. The lowest BCUT2D eigenvalue weighted by Crippen LogP contribution is -2.07. The molecular weight excluding hydrogens is 361 g/mol. The van der Waals surface area contributed by atoms with E-state index < -0.39 is 23.2 Å². The van der Waals surface area contributed by atoms with Gasteiger partial charge >= 0.3 is 6.18 Å². The van der Waals surface area contributed by atoms with Crippen LogP contribution in [0.25, 0.3) is 11.4 Å². The van der Waals surface area contributed by atoms with Gasteiger partial charge < -0.3 is 4.55 Å². The van der Waals surface area contributed by atoms with Crippen LogP contribution in [-0.2, 0) is 17.5 Å². The first kappa shape index (κ1) is 18.8. The van der Waals surface area contributed by atoms with Crippen LogP contribution in [0.5, 0.6) is 0 Å². The van der Waals surface area contributed by atoms with Crippen LogP contribution in [0.1, 0.15) is 37.4 Å². The van der Waals surface area contributed by atoms with Gasteiger partial charge in [-0.25, -0.2) is 4.98 Å². The van der Waals surface area contributed by atoms with E-state index in [-0.39, 0.29) is 11.4 Å². The van der Waals surface area contributed by atoms with Gasteiger partial charge in [-0.05, 0) is 37.0 Å². The second-order valence-electron chi connectivity index (χ2n) is 4.91. The molecule has 0 saturated carbocycles. The molecule has 2 aromatic heterocycles. The molecule has 2 heterocycles. The summed E-state index contributed by atoms with van der Waals surface area (Å²) in [5, 5.41) is 0.431. The zero-order valence-electron chi connectivity index (χ0n) is 13.0. The van der Waals surface area contributed by atoms with Gasteiger partial charge in [0.2, 0.25) is 0 Å². The third-order valence-corrected chi connectivity index (χ3v) is 4.89. The number of hydrogen-bond acceptors (Lipinski definition) is 6. The maximum Gasteiger partial charge on any atom is 0.433 e. The van der Waals surface area contributed by atoms with E-state index in [4.69, 9.17) is 0 Å². The Bertz CT molecular complexity index is 718. The van der Waals surface area contributed by atoms with Crippen molar-refractivity contribution in [1.82, 2.24) is 14.3 Å². The van der Waals surface area contributed by atoms with Crippen LogP contribution in [0.2, 0.25) is 0 Å². The van der Waals surface area contributed by atoms with Crippen LogP contribution >= 0.6 is 11.5 Å². The van der Waals surface area contributed by atoms with Gasteiger partial charge in [-0.15, -0.1) is 0 Å². The van der Waals surface area contributed by atoms with Gasteiger partial charge in [0.15, 0.2) is 10.8 Å². The minimum atomic E-state index is -4.53. The maximum atomic E-state index is 12.7. The molecule has 0 spiro atoms. The predicted octanol–water partition coefficient (Wildman–Crippen LogP) is 3.89. The van der Waals surface area contributed by atoms with Gasteiger partial charge in [-0.1, -0.05) is 17.7 Å². The van der Waals surface area contributed by atoms with Gasteiger partial charge in [0.25, 0.3) is 0 Å². The van der Waals surface area contributed by atoms with E-state index in [1.807, 2.05) is 6.92 Å². The maximum absolute atomic E-state index is 12.7. The highest BCUT2D eigenvalue weighted by molar-refractivity contribution is 7.90. The molecule has 130 valence electrons. The molecule has 0 N–H and O–H groups in total. The normalized spacial score (nSPS) is 14.0. The largest absolute Gasteiger partial charge is 0.591 e. The van der Waals surface area contributed by atoms with Crippen molar-refractivity contribution in [2.75, 3.05) is 5.75 Å². The first-order valence-corrected chi connectivity index (χ1v) is 9.17. The molecule has 10 heteroatoms. The molecule has 0 radical (unpaired) electrons. The van der Waals surface area contributed by atoms with E-state index in [1.54, 1.807) is 6.92 Å². The molecule has 2 rings (SSSR count). The summed E-state index contributed by atoms with van der Waals surface area (Å²) in [7, 11) is 0. The highest BCUT2D eigenvalue weighted by Gasteiger charge is 2.32. The minimum absolute atomic E-state index is 0.164. The number of aromatic nitrogens is 3. The number of nitrogens with zero attached hydrogens (tertiary/aromatic N) is 4. The number of halogens is 3. The molecule has 0 bridgehead atoms. The molecule has 1 atom stereocenters. The molecule has 0 aliphatic rings. The third kappa shape index (κ3) is 4.99. The third-order valence-electron chi connectivity index (χ3n) is 2.96. The topological polar surface area (TPSA) is 74.1 Å². The van der Waals surface area contributed by atoms with E-state index in [9.17, 15) is 17.7 Å². The van der Waals surface area contributed by atoms with Crippen LogP contribution in [0.15, 0.2) is 22.7 Å². The Balaban J connectivity index is 2.20.